The number of piperidine rings is 1. The number of rotatable bonds is 3. The van der Waals surface area contributed by atoms with Crippen molar-refractivity contribution in [3.8, 4) is 5.75 Å². The van der Waals surface area contributed by atoms with E-state index in [0.717, 1.165) is 31.6 Å². The Labute approximate surface area is 134 Å². The second-order valence-corrected chi connectivity index (χ2v) is 6.23. The first-order chi connectivity index (χ1) is 10.8. The first-order valence-corrected chi connectivity index (χ1v) is 8.43. The van der Waals surface area contributed by atoms with Crippen LogP contribution < -0.4 is 10.1 Å². The molecular formula is C17H20N2O2S. The lowest BCUT2D eigenvalue weighted by atomic mass is 9.91. The molecule has 1 aromatic heterocycles. The highest BCUT2D eigenvalue weighted by atomic mass is 32.1. The molecule has 1 N–H and O–H groups in total. The molecule has 1 aliphatic rings. The Kier molecular flexibility index (Phi) is 4.63. The second-order valence-electron chi connectivity index (χ2n) is 5.45. The van der Waals surface area contributed by atoms with Gasteiger partial charge in [0, 0.05) is 13.1 Å². The fraction of sp³-hybridized carbons (Fsp3) is 0.353. The van der Waals surface area contributed by atoms with Crippen molar-refractivity contribution in [2.75, 3.05) is 25.5 Å². The van der Waals surface area contributed by atoms with Crippen LogP contribution in [0.4, 0.5) is 10.5 Å². The normalized spacial score (nSPS) is 15.6. The molecule has 1 aliphatic heterocycles. The zero-order chi connectivity index (χ0) is 15.4. The Morgan fingerprint density at radius 2 is 2.05 bits per heavy atom. The summed E-state index contributed by atoms with van der Waals surface area (Å²) in [7, 11) is 1.61. The zero-order valence-electron chi connectivity index (χ0n) is 12.6. The molecule has 2 heterocycles. The summed E-state index contributed by atoms with van der Waals surface area (Å²) in [6, 6.07) is 9.63. The van der Waals surface area contributed by atoms with E-state index in [1.54, 1.807) is 18.4 Å². The van der Waals surface area contributed by atoms with Crippen LogP contribution in [0.5, 0.6) is 5.75 Å². The van der Waals surface area contributed by atoms with Gasteiger partial charge in [-0.3, -0.25) is 0 Å². The average molecular weight is 316 g/mol. The van der Waals surface area contributed by atoms with Crippen molar-refractivity contribution in [2.24, 2.45) is 0 Å². The maximum Gasteiger partial charge on any atom is 0.321 e. The molecule has 2 amide bonds. The van der Waals surface area contributed by atoms with Crippen LogP contribution in [0.25, 0.3) is 0 Å². The van der Waals surface area contributed by atoms with Gasteiger partial charge in [0.15, 0.2) is 0 Å². The summed E-state index contributed by atoms with van der Waals surface area (Å²) in [5, 5.41) is 7.28. The number of urea groups is 1. The maximum absolute atomic E-state index is 12.4. The van der Waals surface area contributed by atoms with E-state index in [0.29, 0.717) is 11.7 Å². The summed E-state index contributed by atoms with van der Waals surface area (Å²) in [5.41, 5.74) is 2.13. The minimum absolute atomic E-state index is 0.0479. The highest BCUT2D eigenvalue weighted by molar-refractivity contribution is 7.07. The molecule has 4 nitrogen and oxygen atoms in total. The molecule has 0 unspecified atom stereocenters. The number of nitrogens with zero attached hydrogens (tertiary/aromatic N) is 1. The van der Waals surface area contributed by atoms with Crippen molar-refractivity contribution >= 4 is 23.1 Å². The zero-order valence-corrected chi connectivity index (χ0v) is 13.4. The Morgan fingerprint density at radius 3 is 2.73 bits per heavy atom. The number of carbonyl (C=O) groups excluding carboxylic acids is 1. The number of para-hydroxylation sites is 2. The molecule has 3 rings (SSSR count). The van der Waals surface area contributed by atoms with Crippen LogP contribution in [0.2, 0.25) is 0 Å². The van der Waals surface area contributed by atoms with Crippen LogP contribution in [0, 0.1) is 0 Å². The first kappa shape index (κ1) is 14.9. The molecule has 1 fully saturated rings. The molecule has 0 bridgehead atoms. The number of ether oxygens (including phenoxy) is 1. The van der Waals surface area contributed by atoms with E-state index < -0.39 is 0 Å². The van der Waals surface area contributed by atoms with Crippen LogP contribution >= 0.6 is 11.3 Å². The third-order valence-electron chi connectivity index (χ3n) is 4.15. The third kappa shape index (κ3) is 3.25. The number of nitrogens with one attached hydrogen (secondary N) is 1. The van der Waals surface area contributed by atoms with E-state index in [9.17, 15) is 4.79 Å². The molecule has 0 saturated carbocycles. The third-order valence-corrected chi connectivity index (χ3v) is 4.85. The van der Waals surface area contributed by atoms with Crippen LogP contribution in [-0.2, 0) is 0 Å². The number of amides is 2. The summed E-state index contributed by atoms with van der Waals surface area (Å²) in [4.78, 5) is 14.3. The number of methoxy groups -OCH3 is 1. The number of benzene rings is 1. The van der Waals surface area contributed by atoms with Gasteiger partial charge in [-0.25, -0.2) is 4.79 Å². The van der Waals surface area contributed by atoms with Gasteiger partial charge in [-0.15, -0.1) is 0 Å². The molecule has 1 saturated heterocycles. The van der Waals surface area contributed by atoms with Crippen LogP contribution in [0.1, 0.15) is 24.3 Å². The van der Waals surface area contributed by atoms with E-state index in [4.69, 9.17) is 4.74 Å². The van der Waals surface area contributed by atoms with Gasteiger partial charge in [-0.1, -0.05) is 12.1 Å². The summed E-state index contributed by atoms with van der Waals surface area (Å²) < 4.78 is 5.27. The molecule has 2 aromatic rings. The van der Waals surface area contributed by atoms with Gasteiger partial charge in [0.2, 0.25) is 0 Å². The number of thiophene rings is 1. The van der Waals surface area contributed by atoms with E-state index in [1.165, 1.54) is 5.56 Å². The van der Waals surface area contributed by atoms with Crippen LogP contribution in [-0.4, -0.2) is 31.1 Å². The quantitative estimate of drug-likeness (QED) is 0.923. The minimum atomic E-state index is -0.0479. The lowest BCUT2D eigenvalue weighted by Crippen LogP contribution is -2.40. The van der Waals surface area contributed by atoms with E-state index >= 15 is 0 Å². The Bertz CT molecular complexity index is 619. The Morgan fingerprint density at radius 1 is 1.27 bits per heavy atom. The predicted molar refractivity (Wildman–Crippen MR) is 89.9 cm³/mol. The minimum Gasteiger partial charge on any atom is -0.495 e. The number of hydrogen-bond acceptors (Lipinski definition) is 3. The van der Waals surface area contributed by atoms with Gasteiger partial charge in [-0.05, 0) is 53.3 Å². The largest absolute Gasteiger partial charge is 0.495 e. The molecule has 0 atom stereocenters. The summed E-state index contributed by atoms with van der Waals surface area (Å²) in [6.07, 6.45) is 2.05. The highest BCUT2D eigenvalue weighted by Gasteiger charge is 2.24. The summed E-state index contributed by atoms with van der Waals surface area (Å²) >= 11 is 1.74. The lowest BCUT2D eigenvalue weighted by Gasteiger charge is -2.32. The molecule has 0 radical (unpaired) electrons. The van der Waals surface area contributed by atoms with Gasteiger partial charge in [0.05, 0.1) is 12.8 Å². The molecule has 116 valence electrons. The summed E-state index contributed by atoms with van der Waals surface area (Å²) in [6.45, 7) is 1.59. The van der Waals surface area contributed by atoms with Crippen molar-refractivity contribution < 1.29 is 9.53 Å². The van der Waals surface area contributed by atoms with Gasteiger partial charge in [0.25, 0.3) is 0 Å². The topological polar surface area (TPSA) is 41.6 Å². The molecule has 0 spiro atoms. The first-order valence-electron chi connectivity index (χ1n) is 7.49. The number of anilines is 1. The number of hydrogen-bond donors (Lipinski definition) is 1. The van der Waals surface area contributed by atoms with Crippen molar-refractivity contribution in [3.05, 3.63) is 46.7 Å². The van der Waals surface area contributed by atoms with Gasteiger partial charge in [-0.2, -0.15) is 11.3 Å². The molecular weight excluding hydrogens is 296 g/mol. The van der Waals surface area contributed by atoms with Crippen molar-refractivity contribution in [1.29, 1.82) is 0 Å². The van der Waals surface area contributed by atoms with E-state index in [-0.39, 0.29) is 6.03 Å². The number of likely N-dealkylation sites (tertiary alicyclic amines) is 1. The fourth-order valence-corrected chi connectivity index (χ4v) is 3.61. The van der Waals surface area contributed by atoms with E-state index in [1.807, 2.05) is 29.2 Å². The Balaban J connectivity index is 1.58. The average Bonchev–Trinajstić information content (AvgIpc) is 3.10. The fourth-order valence-electron chi connectivity index (χ4n) is 2.87. The number of carbonyl (C=O) groups is 1. The second kappa shape index (κ2) is 6.83. The van der Waals surface area contributed by atoms with Crippen molar-refractivity contribution in [3.63, 3.8) is 0 Å². The maximum atomic E-state index is 12.4. The summed E-state index contributed by atoms with van der Waals surface area (Å²) in [5.74, 6) is 1.27. The molecule has 1 aromatic carbocycles. The molecule has 0 aliphatic carbocycles. The highest BCUT2D eigenvalue weighted by Crippen LogP contribution is 2.30. The Hall–Kier alpha value is -2.01. The van der Waals surface area contributed by atoms with Crippen LogP contribution in [0.3, 0.4) is 0 Å². The van der Waals surface area contributed by atoms with Crippen molar-refractivity contribution in [2.45, 2.75) is 18.8 Å². The van der Waals surface area contributed by atoms with Gasteiger partial charge in [0.1, 0.15) is 5.75 Å². The molecule has 22 heavy (non-hydrogen) atoms. The van der Waals surface area contributed by atoms with Gasteiger partial charge >= 0.3 is 6.03 Å². The smallest absolute Gasteiger partial charge is 0.321 e. The van der Waals surface area contributed by atoms with Crippen molar-refractivity contribution in [1.82, 2.24) is 4.90 Å². The monoisotopic (exact) mass is 316 g/mol. The standard InChI is InChI=1S/C17H20N2O2S/c1-21-16-5-3-2-4-15(16)18-17(20)19-9-6-13(7-10-19)14-8-11-22-12-14/h2-5,8,11-13H,6-7,9-10H2,1H3,(H,18,20). The van der Waals surface area contributed by atoms with E-state index in [2.05, 4.69) is 22.1 Å². The van der Waals surface area contributed by atoms with Crippen LogP contribution in [0.15, 0.2) is 41.1 Å². The molecule has 5 heteroatoms. The van der Waals surface area contributed by atoms with Gasteiger partial charge < -0.3 is 15.0 Å². The SMILES string of the molecule is COc1ccccc1NC(=O)N1CCC(c2ccsc2)CC1. The lowest BCUT2D eigenvalue weighted by molar-refractivity contribution is 0.194. The predicted octanol–water partition coefficient (Wildman–Crippen LogP) is 4.17.